The third-order valence-electron chi connectivity index (χ3n) is 8.42. The van der Waals surface area contributed by atoms with Gasteiger partial charge >= 0.3 is 0 Å². The zero-order chi connectivity index (χ0) is 27.2. The second kappa shape index (κ2) is 12.4. The summed E-state index contributed by atoms with van der Waals surface area (Å²) < 4.78 is 18.3. The van der Waals surface area contributed by atoms with Crippen LogP contribution in [0.5, 0.6) is 0 Å². The number of nitrogens with zero attached hydrogens (tertiary/aromatic N) is 2. The van der Waals surface area contributed by atoms with Crippen molar-refractivity contribution in [2.45, 2.75) is 56.5 Å². The lowest BCUT2D eigenvalue weighted by atomic mass is 9.77. The fourth-order valence-electron chi connectivity index (χ4n) is 6.11. The Kier molecular flexibility index (Phi) is 8.79. The van der Waals surface area contributed by atoms with Crippen molar-refractivity contribution < 1.29 is 23.8 Å². The summed E-state index contributed by atoms with van der Waals surface area (Å²) in [6, 6.07) is 15.1. The van der Waals surface area contributed by atoms with E-state index < -0.39 is 12.3 Å². The van der Waals surface area contributed by atoms with E-state index in [0.717, 1.165) is 77.1 Å². The number of amides is 2. The molecule has 0 aromatic heterocycles. The number of carbonyl (C=O) groups excluding carboxylic acids is 2. The number of carbonyl (C=O) groups is 2. The zero-order valence-electron chi connectivity index (χ0n) is 22.4. The predicted octanol–water partition coefficient (Wildman–Crippen LogP) is 2.74. The first-order chi connectivity index (χ1) is 18.9. The zero-order valence-corrected chi connectivity index (χ0v) is 22.4. The third kappa shape index (κ3) is 6.77. The van der Waals surface area contributed by atoms with Crippen LogP contribution in [-0.2, 0) is 21.8 Å². The molecule has 9 heteroatoms. The molecule has 5 rings (SSSR count). The van der Waals surface area contributed by atoms with E-state index in [9.17, 15) is 19.1 Å². The van der Waals surface area contributed by atoms with Gasteiger partial charge in [-0.2, -0.15) is 0 Å². The maximum Gasteiger partial charge on any atom is 0.251 e. The van der Waals surface area contributed by atoms with Gasteiger partial charge in [0.05, 0.1) is 25.4 Å². The van der Waals surface area contributed by atoms with Gasteiger partial charge in [-0.05, 0) is 67.5 Å². The molecule has 0 unspecified atom stereocenters. The Labute approximate surface area is 229 Å². The molecular formula is C30H39FN4O4. The summed E-state index contributed by atoms with van der Waals surface area (Å²) in [6.07, 6.45) is 4.13. The molecule has 1 saturated carbocycles. The van der Waals surface area contributed by atoms with E-state index >= 15 is 0 Å². The highest BCUT2D eigenvalue weighted by atomic mass is 19.1. The number of hydrogen-bond acceptors (Lipinski definition) is 6. The fraction of sp³-hybridized carbons (Fsp3) is 0.533. The molecule has 39 heavy (non-hydrogen) atoms. The standard InChI is InChI=1S/C30H39FN4O4/c31-19-22-2-1-3-23(18-22)29(37)32-20-28(36)33-25-10-13-35(21-25)27-8-11-30(38,12-9-27)24-4-6-26(7-5-24)34-14-16-39-17-15-34/h1-7,18,25,27,38H,8-17,19-21H2,(H,32,37)(H,33,36)/t25-,27?,30?/m1/s1. The van der Waals surface area contributed by atoms with Crippen molar-refractivity contribution in [3.8, 4) is 0 Å². The van der Waals surface area contributed by atoms with Crippen LogP contribution in [-0.4, -0.2) is 79.8 Å². The largest absolute Gasteiger partial charge is 0.385 e. The van der Waals surface area contributed by atoms with Crippen molar-refractivity contribution >= 4 is 17.5 Å². The minimum atomic E-state index is -0.796. The number of anilines is 1. The number of halogens is 1. The van der Waals surface area contributed by atoms with Crippen LogP contribution in [0.1, 0.15) is 53.6 Å². The predicted molar refractivity (Wildman–Crippen MR) is 147 cm³/mol. The molecule has 1 atom stereocenters. The van der Waals surface area contributed by atoms with Crippen LogP contribution in [0.2, 0.25) is 0 Å². The lowest BCUT2D eigenvalue weighted by Crippen LogP contribution is -2.45. The first-order valence-electron chi connectivity index (χ1n) is 14.1. The van der Waals surface area contributed by atoms with Crippen LogP contribution >= 0.6 is 0 Å². The topological polar surface area (TPSA) is 94.1 Å². The molecule has 2 amide bonds. The average molecular weight is 539 g/mol. The van der Waals surface area contributed by atoms with Gasteiger partial charge in [0.1, 0.15) is 6.67 Å². The SMILES string of the molecule is O=C(CNC(=O)c1cccc(CF)c1)N[C@@H]1CCN(C2CCC(O)(c3ccc(N4CCOCC4)cc3)CC2)C1. The van der Waals surface area contributed by atoms with E-state index in [0.29, 0.717) is 17.2 Å². The number of aliphatic hydroxyl groups is 1. The molecule has 3 fully saturated rings. The van der Waals surface area contributed by atoms with Crippen LogP contribution in [0.3, 0.4) is 0 Å². The first kappa shape index (κ1) is 27.6. The molecule has 2 aliphatic heterocycles. The summed E-state index contributed by atoms with van der Waals surface area (Å²) >= 11 is 0. The van der Waals surface area contributed by atoms with Crippen molar-refractivity contribution in [1.82, 2.24) is 15.5 Å². The molecule has 2 aromatic carbocycles. The van der Waals surface area contributed by atoms with Gasteiger partial charge in [-0.3, -0.25) is 14.5 Å². The maximum atomic E-state index is 12.8. The molecule has 0 bridgehead atoms. The Bertz CT molecular complexity index is 1130. The van der Waals surface area contributed by atoms with E-state index in [1.54, 1.807) is 18.2 Å². The summed E-state index contributed by atoms with van der Waals surface area (Å²) in [5, 5.41) is 17.1. The summed E-state index contributed by atoms with van der Waals surface area (Å²) in [6.45, 7) is 4.23. The maximum absolute atomic E-state index is 12.8. The monoisotopic (exact) mass is 538 g/mol. The average Bonchev–Trinajstić information content (AvgIpc) is 3.45. The fourth-order valence-corrected chi connectivity index (χ4v) is 6.11. The number of hydrogen-bond donors (Lipinski definition) is 3. The molecule has 3 N–H and O–H groups in total. The minimum absolute atomic E-state index is 0.0396. The summed E-state index contributed by atoms with van der Waals surface area (Å²) in [7, 11) is 0. The molecule has 210 valence electrons. The smallest absolute Gasteiger partial charge is 0.251 e. The van der Waals surface area contributed by atoms with E-state index in [1.165, 1.54) is 11.8 Å². The lowest BCUT2D eigenvalue weighted by Gasteiger charge is -2.40. The molecule has 2 saturated heterocycles. The Morgan fingerprint density at radius 3 is 2.49 bits per heavy atom. The van der Waals surface area contributed by atoms with Crippen LogP contribution in [0, 0.1) is 0 Å². The van der Waals surface area contributed by atoms with Gasteiger partial charge in [-0.15, -0.1) is 0 Å². The third-order valence-corrected chi connectivity index (χ3v) is 8.42. The number of morpholine rings is 1. The Hall–Kier alpha value is -3.01. The number of likely N-dealkylation sites (tertiary alicyclic amines) is 1. The van der Waals surface area contributed by atoms with Gasteiger partial charge < -0.3 is 25.4 Å². The minimum Gasteiger partial charge on any atom is -0.385 e. The molecule has 0 spiro atoms. The molecule has 8 nitrogen and oxygen atoms in total. The molecule has 0 radical (unpaired) electrons. The number of ether oxygens (including phenoxy) is 1. The Morgan fingerprint density at radius 1 is 1.03 bits per heavy atom. The molecule has 1 aliphatic carbocycles. The molecule has 2 aromatic rings. The highest BCUT2D eigenvalue weighted by Gasteiger charge is 2.38. The van der Waals surface area contributed by atoms with E-state index in [1.807, 2.05) is 0 Å². The number of alkyl halides is 1. The highest BCUT2D eigenvalue weighted by Crippen LogP contribution is 2.39. The summed E-state index contributed by atoms with van der Waals surface area (Å²) in [5.74, 6) is -0.616. The lowest BCUT2D eigenvalue weighted by molar-refractivity contribution is -0.120. The van der Waals surface area contributed by atoms with Gasteiger partial charge in [0.25, 0.3) is 5.91 Å². The normalized spacial score (nSPS) is 25.8. The van der Waals surface area contributed by atoms with Gasteiger partial charge in [0.2, 0.25) is 5.91 Å². The van der Waals surface area contributed by atoms with Gasteiger partial charge in [-0.25, -0.2) is 4.39 Å². The number of benzene rings is 2. The van der Waals surface area contributed by atoms with Gasteiger partial charge in [0.15, 0.2) is 0 Å². The number of rotatable bonds is 8. The Morgan fingerprint density at radius 2 is 1.77 bits per heavy atom. The summed E-state index contributed by atoms with van der Waals surface area (Å²) in [5.41, 5.74) is 2.14. The van der Waals surface area contributed by atoms with Crippen LogP contribution < -0.4 is 15.5 Å². The van der Waals surface area contributed by atoms with Crippen molar-refractivity contribution in [2.75, 3.05) is 50.8 Å². The Balaban J connectivity index is 1.05. The second-order valence-corrected chi connectivity index (χ2v) is 11.0. The van der Waals surface area contributed by atoms with Crippen LogP contribution in [0.25, 0.3) is 0 Å². The van der Waals surface area contributed by atoms with E-state index in [2.05, 4.69) is 44.7 Å². The van der Waals surface area contributed by atoms with Crippen molar-refractivity contribution in [2.24, 2.45) is 0 Å². The van der Waals surface area contributed by atoms with Crippen molar-refractivity contribution in [3.63, 3.8) is 0 Å². The number of nitrogens with one attached hydrogen (secondary N) is 2. The first-order valence-corrected chi connectivity index (χ1v) is 14.1. The summed E-state index contributed by atoms with van der Waals surface area (Å²) in [4.78, 5) is 29.5. The van der Waals surface area contributed by atoms with E-state index in [-0.39, 0.29) is 24.4 Å². The second-order valence-electron chi connectivity index (χ2n) is 11.0. The molecule has 2 heterocycles. The van der Waals surface area contributed by atoms with Gasteiger partial charge in [-0.1, -0.05) is 24.3 Å². The van der Waals surface area contributed by atoms with Crippen LogP contribution in [0.4, 0.5) is 10.1 Å². The highest BCUT2D eigenvalue weighted by molar-refractivity contribution is 5.96. The quantitative estimate of drug-likeness (QED) is 0.479. The van der Waals surface area contributed by atoms with Crippen LogP contribution in [0.15, 0.2) is 48.5 Å². The van der Waals surface area contributed by atoms with Crippen molar-refractivity contribution in [3.05, 3.63) is 65.2 Å². The molecular weight excluding hydrogens is 499 g/mol. The van der Waals surface area contributed by atoms with E-state index in [4.69, 9.17) is 4.74 Å². The van der Waals surface area contributed by atoms with Gasteiger partial charge in [0, 0.05) is 49.5 Å². The molecule has 3 aliphatic rings. The van der Waals surface area contributed by atoms with Crippen molar-refractivity contribution in [1.29, 1.82) is 0 Å².